The second-order valence-electron chi connectivity index (χ2n) is 6.99. The highest BCUT2D eigenvalue weighted by Gasteiger charge is 2.15. The molecule has 1 heterocycles. The minimum atomic E-state index is -0.411. The Bertz CT molecular complexity index is 1220. The monoisotopic (exact) mass is 450 g/mol. The van der Waals surface area contributed by atoms with Gasteiger partial charge in [0, 0.05) is 23.9 Å². The number of anilines is 1. The SMILES string of the molecule is COCCOc1nc(-c2ccc(F)cc2)n(-c2ccc(NC(=O)c3ccc(F)cc3)cc2)n1. The molecular formula is C24H20F2N4O3. The van der Waals surface area contributed by atoms with Crippen LogP contribution in [-0.4, -0.2) is 41.0 Å². The van der Waals surface area contributed by atoms with Gasteiger partial charge in [0.15, 0.2) is 5.82 Å². The number of methoxy groups -OCH3 is 1. The van der Waals surface area contributed by atoms with Crippen molar-refractivity contribution in [2.24, 2.45) is 0 Å². The van der Waals surface area contributed by atoms with Crippen LogP contribution in [0.5, 0.6) is 6.01 Å². The maximum atomic E-state index is 13.4. The molecule has 4 rings (SSSR count). The molecular weight excluding hydrogens is 430 g/mol. The molecule has 9 heteroatoms. The van der Waals surface area contributed by atoms with E-state index in [-0.39, 0.29) is 24.3 Å². The number of aromatic nitrogens is 3. The van der Waals surface area contributed by atoms with Gasteiger partial charge in [-0.3, -0.25) is 4.79 Å². The number of amides is 1. The van der Waals surface area contributed by atoms with E-state index in [9.17, 15) is 13.6 Å². The number of hydrogen-bond acceptors (Lipinski definition) is 5. The third kappa shape index (κ3) is 5.39. The molecule has 168 valence electrons. The largest absolute Gasteiger partial charge is 0.460 e. The van der Waals surface area contributed by atoms with Crippen molar-refractivity contribution in [1.82, 2.24) is 14.8 Å². The highest BCUT2D eigenvalue weighted by molar-refractivity contribution is 6.04. The number of ether oxygens (including phenoxy) is 2. The molecule has 0 fully saturated rings. The molecule has 1 N–H and O–H groups in total. The Labute approximate surface area is 188 Å². The molecule has 0 spiro atoms. The zero-order valence-electron chi connectivity index (χ0n) is 17.7. The minimum Gasteiger partial charge on any atom is -0.460 e. The first-order chi connectivity index (χ1) is 16.0. The summed E-state index contributed by atoms with van der Waals surface area (Å²) in [6.45, 7) is 0.653. The lowest BCUT2D eigenvalue weighted by Gasteiger charge is -2.08. The minimum absolute atomic E-state index is 0.153. The molecule has 0 saturated heterocycles. The lowest BCUT2D eigenvalue weighted by Crippen LogP contribution is -2.12. The van der Waals surface area contributed by atoms with Crippen LogP contribution in [-0.2, 0) is 4.74 Å². The highest BCUT2D eigenvalue weighted by atomic mass is 19.1. The van der Waals surface area contributed by atoms with Crippen LogP contribution in [0.15, 0.2) is 72.8 Å². The number of hydrogen-bond donors (Lipinski definition) is 1. The highest BCUT2D eigenvalue weighted by Crippen LogP contribution is 2.25. The first-order valence-corrected chi connectivity index (χ1v) is 10.1. The first-order valence-electron chi connectivity index (χ1n) is 10.1. The van der Waals surface area contributed by atoms with Gasteiger partial charge < -0.3 is 14.8 Å². The third-order valence-corrected chi connectivity index (χ3v) is 4.68. The maximum Gasteiger partial charge on any atom is 0.336 e. The Morgan fingerprint density at radius 2 is 1.55 bits per heavy atom. The van der Waals surface area contributed by atoms with E-state index in [0.717, 1.165) is 0 Å². The normalized spacial score (nSPS) is 10.8. The van der Waals surface area contributed by atoms with E-state index in [0.29, 0.717) is 34.9 Å². The van der Waals surface area contributed by atoms with Gasteiger partial charge in [-0.2, -0.15) is 4.98 Å². The van der Waals surface area contributed by atoms with E-state index in [1.807, 2.05) is 0 Å². The maximum absolute atomic E-state index is 13.4. The van der Waals surface area contributed by atoms with E-state index >= 15 is 0 Å². The van der Waals surface area contributed by atoms with Crippen LogP contribution in [0.25, 0.3) is 17.1 Å². The van der Waals surface area contributed by atoms with Gasteiger partial charge in [0.25, 0.3) is 5.91 Å². The van der Waals surface area contributed by atoms with Crippen molar-refractivity contribution in [3.05, 3.63) is 90.0 Å². The Hall–Kier alpha value is -4.11. The van der Waals surface area contributed by atoms with Crippen LogP contribution in [0.2, 0.25) is 0 Å². The molecule has 0 aliphatic carbocycles. The number of nitrogens with one attached hydrogen (secondary N) is 1. The Morgan fingerprint density at radius 3 is 2.18 bits per heavy atom. The number of carbonyl (C=O) groups is 1. The molecule has 0 atom stereocenters. The van der Waals surface area contributed by atoms with Crippen LogP contribution in [0.4, 0.5) is 14.5 Å². The van der Waals surface area contributed by atoms with Crippen molar-refractivity contribution in [3.63, 3.8) is 0 Å². The second kappa shape index (κ2) is 10.0. The topological polar surface area (TPSA) is 78.3 Å². The van der Waals surface area contributed by atoms with E-state index in [4.69, 9.17) is 9.47 Å². The summed E-state index contributed by atoms with van der Waals surface area (Å²) in [4.78, 5) is 16.8. The quantitative estimate of drug-likeness (QED) is 0.400. The number of carbonyl (C=O) groups excluding carboxylic acids is 1. The van der Waals surface area contributed by atoms with Crippen molar-refractivity contribution in [2.75, 3.05) is 25.6 Å². The fourth-order valence-corrected chi connectivity index (χ4v) is 3.03. The van der Waals surface area contributed by atoms with E-state index in [1.165, 1.54) is 36.4 Å². The smallest absolute Gasteiger partial charge is 0.336 e. The van der Waals surface area contributed by atoms with Crippen LogP contribution < -0.4 is 10.1 Å². The number of benzene rings is 3. The zero-order valence-corrected chi connectivity index (χ0v) is 17.7. The predicted octanol–water partition coefficient (Wildman–Crippen LogP) is 4.49. The fourth-order valence-electron chi connectivity index (χ4n) is 3.03. The fraction of sp³-hybridized carbons (Fsp3) is 0.125. The molecule has 7 nitrogen and oxygen atoms in total. The van der Waals surface area contributed by atoms with Gasteiger partial charge in [0.05, 0.1) is 12.3 Å². The number of rotatable bonds is 8. The third-order valence-electron chi connectivity index (χ3n) is 4.68. The van der Waals surface area contributed by atoms with Crippen LogP contribution in [0, 0.1) is 11.6 Å². The number of nitrogens with zero attached hydrogens (tertiary/aromatic N) is 3. The average molecular weight is 450 g/mol. The second-order valence-corrected chi connectivity index (χ2v) is 6.99. The van der Waals surface area contributed by atoms with Gasteiger partial charge in [-0.05, 0) is 72.8 Å². The average Bonchev–Trinajstić information content (AvgIpc) is 3.25. The molecule has 0 bridgehead atoms. The van der Waals surface area contributed by atoms with Gasteiger partial charge >= 0.3 is 6.01 Å². The summed E-state index contributed by atoms with van der Waals surface area (Å²) in [7, 11) is 1.57. The first kappa shape index (κ1) is 22.1. The molecule has 0 aliphatic rings. The molecule has 33 heavy (non-hydrogen) atoms. The summed E-state index contributed by atoms with van der Waals surface area (Å²) in [6, 6.07) is 18.2. The van der Waals surface area contributed by atoms with Gasteiger partial charge in [0.2, 0.25) is 0 Å². The van der Waals surface area contributed by atoms with Crippen molar-refractivity contribution in [2.45, 2.75) is 0 Å². The molecule has 3 aromatic carbocycles. The lowest BCUT2D eigenvalue weighted by molar-refractivity contribution is 0.102. The van der Waals surface area contributed by atoms with Crippen molar-refractivity contribution in [1.29, 1.82) is 0 Å². The molecule has 0 unspecified atom stereocenters. The Morgan fingerprint density at radius 1 is 0.909 bits per heavy atom. The molecule has 0 aliphatic heterocycles. The van der Waals surface area contributed by atoms with E-state index in [2.05, 4.69) is 15.4 Å². The summed E-state index contributed by atoms with van der Waals surface area (Å²) in [6.07, 6.45) is 0. The zero-order chi connectivity index (χ0) is 23.2. The summed E-state index contributed by atoms with van der Waals surface area (Å²) >= 11 is 0. The summed E-state index contributed by atoms with van der Waals surface area (Å²) in [5, 5.41) is 7.17. The Balaban J connectivity index is 1.58. The lowest BCUT2D eigenvalue weighted by atomic mass is 10.2. The summed E-state index contributed by atoms with van der Waals surface area (Å²) < 4.78 is 38.6. The standard InChI is InChI=1S/C24H20F2N4O3/c1-32-14-15-33-24-28-22(16-2-6-18(25)7-3-16)30(29-24)21-12-10-20(11-13-21)27-23(31)17-4-8-19(26)9-5-17/h2-13H,14-15H2,1H3,(H,27,31). The Kier molecular flexibility index (Phi) is 6.70. The molecule has 0 saturated carbocycles. The van der Waals surface area contributed by atoms with Crippen molar-refractivity contribution < 1.29 is 23.0 Å². The predicted molar refractivity (Wildman–Crippen MR) is 118 cm³/mol. The number of halogens is 2. The van der Waals surface area contributed by atoms with E-state index < -0.39 is 5.82 Å². The van der Waals surface area contributed by atoms with Crippen LogP contribution in [0.3, 0.4) is 0 Å². The molecule has 4 aromatic rings. The van der Waals surface area contributed by atoms with Gasteiger partial charge in [-0.15, -0.1) is 5.10 Å². The summed E-state index contributed by atoms with van der Waals surface area (Å²) in [5.74, 6) is -0.663. The molecule has 1 amide bonds. The molecule has 0 radical (unpaired) electrons. The van der Waals surface area contributed by atoms with Gasteiger partial charge in [-0.25, -0.2) is 13.5 Å². The summed E-state index contributed by atoms with van der Waals surface area (Å²) in [5.41, 5.74) is 2.20. The van der Waals surface area contributed by atoms with Crippen LogP contribution in [0.1, 0.15) is 10.4 Å². The van der Waals surface area contributed by atoms with Gasteiger partial charge in [-0.1, -0.05) is 0 Å². The van der Waals surface area contributed by atoms with Gasteiger partial charge in [0.1, 0.15) is 18.2 Å². The van der Waals surface area contributed by atoms with Crippen LogP contribution >= 0.6 is 0 Å². The van der Waals surface area contributed by atoms with Crippen molar-refractivity contribution >= 4 is 11.6 Å². The van der Waals surface area contributed by atoms with Crippen molar-refractivity contribution in [3.8, 4) is 23.1 Å². The molecule has 1 aromatic heterocycles. The van der Waals surface area contributed by atoms with E-state index in [1.54, 1.807) is 48.2 Å².